The van der Waals surface area contributed by atoms with Gasteiger partial charge in [0.25, 0.3) is 5.91 Å². The summed E-state index contributed by atoms with van der Waals surface area (Å²) in [5, 5.41) is 12.3. The maximum Gasteiger partial charge on any atom is 0.256 e. The molecule has 0 saturated carbocycles. The number of amides is 1. The van der Waals surface area contributed by atoms with Crippen molar-refractivity contribution in [2.75, 3.05) is 5.32 Å². The van der Waals surface area contributed by atoms with E-state index in [1.54, 1.807) is 13.1 Å². The van der Waals surface area contributed by atoms with E-state index in [9.17, 15) is 4.79 Å². The van der Waals surface area contributed by atoms with Crippen molar-refractivity contribution >= 4 is 22.6 Å². The Kier molecular flexibility index (Phi) is 5.74. The Balaban J connectivity index is 1.44. The number of nitrogens with one attached hydrogen (secondary N) is 1. The molecule has 0 fully saturated rings. The van der Waals surface area contributed by atoms with Gasteiger partial charge in [-0.1, -0.05) is 78.0 Å². The Bertz CT molecular complexity index is 1710. The topological polar surface area (TPSA) is 98.7 Å². The number of carbonyl (C=O) groups excluding carboxylic acids is 1. The van der Waals surface area contributed by atoms with Crippen LogP contribution < -0.4 is 5.32 Å². The number of nitrogens with zero attached hydrogens (tertiary/aromatic N) is 5. The minimum absolute atomic E-state index is 0.281. The number of rotatable bonds is 6. The molecule has 8 heteroatoms. The van der Waals surface area contributed by atoms with E-state index < -0.39 is 0 Å². The summed E-state index contributed by atoms with van der Waals surface area (Å²) in [6.07, 6.45) is 1.70. The molecule has 0 bridgehead atoms. The standard InChI is InChI=1S/C29H22N6O2/c1-19-31-27(34-37-19)22-14-8-9-15-25(22)33-29(36)23-16-26(21-12-6-3-7-13-21)32-28-24(23)17-30-35(28)18-20-10-4-2-5-11-20/h2-17H,18H2,1H3,(H,33,36). The predicted molar refractivity (Wildman–Crippen MR) is 141 cm³/mol. The van der Waals surface area contributed by atoms with Gasteiger partial charge in [-0.15, -0.1) is 0 Å². The van der Waals surface area contributed by atoms with E-state index in [1.165, 1.54) is 0 Å². The van der Waals surface area contributed by atoms with Crippen LogP contribution in [-0.4, -0.2) is 30.8 Å². The van der Waals surface area contributed by atoms with Gasteiger partial charge in [0.15, 0.2) is 5.65 Å². The number of aromatic nitrogens is 5. The predicted octanol–water partition coefficient (Wildman–Crippen LogP) is 5.76. The number of hydrogen-bond acceptors (Lipinski definition) is 6. The fourth-order valence-electron chi connectivity index (χ4n) is 4.25. The molecule has 0 aliphatic carbocycles. The van der Waals surface area contributed by atoms with Crippen LogP contribution in [0.1, 0.15) is 21.8 Å². The van der Waals surface area contributed by atoms with Crippen LogP contribution in [0, 0.1) is 6.92 Å². The highest BCUT2D eigenvalue weighted by molar-refractivity contribution is 6.13. The third kappa shape index (κ3) is 4.48. The maximum atomic E-state index is 13.7. The number of carbonyl (C=O) groups is 1. The van der Waals surface area contributed by atoms with Crippen molar-refractivity contribution in [1.82, 2.24) is 24.9 Å². The van der Waals surface area contributed by atoms with Gasteiger partial charge >= 0.3 is 0 Å². The first-order valence-corrected chi connectivity index (χ1v) is 11.8. The van der Waals surface area contributed by atoms with Crippen LogP contribution in [0.25, 0.3) is 33.7 Å². The highest BCUT2D eigenvalue weighted by Crippen LogP contribution is 2.29. The van der Waals surface area contributed by atoms with E-state index in [1.807, 2.05) is 95.7 Å². The summed E-state index contributed by atoms with van der Waals surface area (Å²) < 4.78 is 6.97. The van der Waals surface area contributed by atoms with Gasteiger partial charge < -0.3 is 9.84 Å². The van der Waals surface area contributed by atoms with Gasteiger partial charge in [0, 0.05) is 18.1 Å². The first-order valence-electron chi connectivity index (χ1n) is 11.8. The van der Waals surface area contributed by atoms with Crippen molar-refractivity contribution < 1.29 is 9.32 Å². The second kappa shape index (κ2) is 9.50. The fraction of sp³-hybridized carbons (Fsp3) is 0.0690. The van der Waals surface area contributed by atoms with Gasteiger partial charge in [0.1, 0.15) is 0 Å². The molecule has 0 aliphatic rings. The molecule has 0 atom stereocenters. The number of fused-ring (bicyclic) bond motifs is 1. The lowest BCUT2D eigenvalue weighted by Gasteiger charge is -2.11. The first kappa shape index (κ1) is 22.4. The molecule has 0 saturated heterocycles. The van der Waals surface area contributed by atoms with Gasteiger partial charge in [-0.3, -0.25) is 4.79 Å². The molecule has 8 nitrogen and oxygen atoms in total. The molecule has 37 heavy (non-hydrogen) atoms. The zero-order valence-electron chi connectivity index (χ0n) is 20.0. The molecular formula is C29H22N6O2. The third-order valence-corrected chi connectivity index (χ3v) is 6.04. The van der Waals surface area contributed by atoms with Gasteiger partial charge in [0.05, 0.1) is 35.1 Å². The van der Waals surface area contributed by atoms with E-state index in [0.717, 1.165) is 11.1 Å². The smallest absolute Gasteiger partial charge is 0.256 e. The summed E-state index contributed by atoms with van der Waals surface area (Å²) >= 11 is 0. The van der Waals surface area contributed by atoms with Gasteiger partial charge in [-0.2, -0.15) is 10.1 Å². The molecule has 1 amide bonds. The molecule has 180 valence electrons. The first-order chi connectivity index (χ1) is 18.2. The Morgan fingerprint density at radius 3 is 2.41 bits per heavy atom. The number of hydrogen-bond donors (Lipinski definition) is 1. The van der Waals surface area contributed by atoms with Crippen molar-refractivity contribution in [2.24, 2.45) is 0 Å². The van der Waals surface area contributed by atoms with Crippen LogP contribution in [0.5, 0.6) is 0 Å². The summed E-state index contributed by atoms with van der Waals surface area (Å²) in [7, 11) is 0. The summed E-state index contributed by atoms with van der Waals surface area (Å²) in [6, 6.07) is 29.0. The van der Waals surface area contributed by atoms with Crippen molar-refractivity contribution in [3.05, 3.63) is 114 Å². The molecule has 0 radical (unpaired) electrons. The summed E-state index contributed by atoms with van der Waals surface area (Å²) in [5.41, 5.74) is 5.05. The third-order valence-electron chi connectivity index (χ3n) is 6.04. The van der Waals surface area contributed by atoms with Crippen LogP contribution >= 0.6 is 0 Å². The van der Waals surface area contributed by atoms with E-state index in [2.05, 4.69) is 20.6 Å². The number of anilines is 1. The molecule has 3 aromatic carbocycles. The zero-order chi connectivity index (χ0) is 25.2. The highest BCUT2D eigenvalue weighted by Gasteiger charge is 2.20. The number of benzene rings is 3. The average Bonchev–Trinajstić information content (AvgIpc) is 3.55. The molecule has 6 aromatic rings. The van der Waals surface area contributed by atoms with E-state index in [-0.39, 0.29) is 5.91 Å². The fourth-order valence-corrected chi connectivity index (χ4v) is 4.25. The van der Waals surface area contributed by atoms with Gasteiger partial charge in [0.2, 0.25) is 11.7 Å². The Morgan fingerprint density at radius 1 is 0.919 bits per heavy atom. The number of aryl methyl sites for hydroxylation is 1. The van der Waals surface area contributed by atoms with Crippen LogP contribution in [0.15, 0.2) is 102 Å². The lowest BCUT2D eigenvalue weighted by Crippen LogP contribution is -2.14. The Labute approximate surface area is 212 Å². The minimum atomic E-state index is -0.281. The van der Waals surface area contributed by atoms with E-state index in [4.69, 9.17) is 9.51 Å². The molecule has 3 heterocycles. The summed E-state index contributed by atoms with van der Waals surface area (Å²) in [6.45, 7) is 2.26. The lowest BCUT2D eigenvalue weighted by atomic mass is 10.1. The Hall–Kier alpha value is -5.11. The van der Waals surface area contributed by atoms with Gasteiger partial charge in [-0.05, 0) is 23.8 Å². The maximum absolute atomic E-state index is 13.7. The molecule has 1 N–H and O–H groups in total. The normalized spacial score (nSPS) is 11.1. The minimum Gasteiger partial charge on any atom is -0.339 e. The van der Waals surface area contributed by atoms with Crippen molar-refractivity contribution in [3.63, 3.8) is 0 Å². The van der Waals surface area contributed by atoms with E-state index >= 15 is 0 Å². The van der Waals surface area contributed by atoms with Crippen LogP contribution in [0.2, 0.25) is 0 Å². The van der Waals surface area contributed by atoms with Gasteiger partial charge in [-0.25, -0.2) is 9.67 Å². The van der Waals surface area contributed by atoms with Crippen LogP contribution in [-0.2, 0) is 6.54 Å². The van der Waals surface area contributed by atoms with Crippen molar-refractivity contribution in [3.8, 4) is 22.6 Å². The molecular weight excluding hydrogens is 464 g/mol. The molecule has 3 aromatic heterocycles. The lowest BCUT2D eigenvalue weighted by molar-refractivity contribution is 0.102. The van der Waals surface area contributed by atoms with E-state index in [0.29, 0.717) is 51.8 Å². The zero-order valence-corrected chi connectivity index (χ0v) is 20.0. The quantitative estimate of drug-likeness (QED) is 0.321. The number of pyridine rings is 1. The summed E-state index contributed by atoms with van der Waals surface area (Å²) in [5.74, 6) is 0.579. The molecule has 0 unspecified atom stereocenters. The molecule has 6 rings (SSSR count). The van der Waals surface area contributed by atoms with Crippen LogP contribution in [0.3, 0.4) is 0 Å². The second-order valence-electron chi connectivity index (χ2n) is 8.58. The van der Waals surface area contributed by atoms with Crippen LogP contribution in [0.4, 0.5) is 5.69 Å². The van der Waals surface area contributed by atoms with Crippen molar-refractivity contribution in [2.45, 2.75) is 13.5 Å². The highest BCUT2D eigenvalue weighted by atomic mass is 16.5. The van der Waals surface area contributed by atoms with Crippen molar-refractivity contribution in [1.29, 1.82) is 0 Å². The second-order valence-corrected chi connectivity index (χ2v) is 8.58. The monoisotopic (exact) mass is 486 g/mol. The molecule has 0 spiro atoms. The largest absolute Gasteiger partial charge is 0.339 e. The Morgan fingerprint density at radius 2 is 1.65 bits per heavy atom. The SMILES string of the molecule is Cc1nc(-c2ccccc2NC(=O)c2cc(-c3ccccc3)nc3c2cnn3Cc2ccccc2)no1. The molecule has 0 aliphatic heterocycles. The summed E-state index contributed by atoms with van der Waals surface area (Å²) in [4.78, 5) is 23.0. The number of para-hydroxylation sites is 1. The average molecular weight is 487 g/mol.